The molecule has 1 heterocycles. The Morgan fingerprint density at radius 2 is 1.80 bits per heavy atom. The molecule has 2 aromatic rings. The summed E-state index contributed by atoms with van der Waals surface area (Å²) in [7, 11) is 3.40. The first kappa shape index (κ1) is 14.2. The first-order chi connectivity index (χ1) is 9.56. The normalized spacial score (nSPS) is 10.4. The van der Waals surface area contributed by atoms with Gasteiger partial charge in [-0.25, -0.2) is 0 Å². The van der Waals surface area contributed by atoms with E-state index < -0.39 is 0 Å². The van der Waals surface area contributed by atoms with Crippen LogP contribution in [-0.2, 0) is 13.7 Å². The van der Waals surface area contributed by atoms with Crippen molar-refractivity contribution in [1.82, 2.24) is 4.57 Å². The molecule has 4 nitrogen and oxygen atoms in total. The summed E-state index contributed by atoms with van der Waals surface area (Å²) < 4.78 is 12.9. The highest BCUT2D eigenvalue weighted by Crippen LogP contribution is 2.25. The lowest BCUT2D eigenvalue weighted by atomic mass is 10.2. The van der Waals surface area contributed by atoms with Crippen molar-refractivity contribution >= 4 is 0 Å². The van der Waals surface area contributed by atoms with Gasteiger partial charge in [0.2, 0.25) is 17.1 Å². The van der Waals surface area contributed by atoms with E-state index in [-0.39, 0.29) is 11.2 Å². The van der Waals surface area contributed by atoms with Crippen molar-refractivity contribution in [1.29, 1.82) is 0 Å². The third-order valence-electron chi connectivity index (χ3n) is 3.51. The highest BCUT2D eigenvalue weighted by Gasteiger charge is 2.17. The largest absolute Gasteiger partial charge is 0.480 e. The molecule has 1 aromatic heterocycles. The summed E-state index contributed by atoms with van der Waals surface area (Å²) in [6.07, 6.45) is 0. The molecule has 0 saturated heterocycles. The van der Waals surface area contributed by atoms with E-state index in [0.29, 0.717) is 18.1 Å². The molecule has 0 aliphatic rings. The maximum Gasteiger partial charge on any atom is 0.241 e. The lowest BCUT2D eigenvalue weighted by Gasteiger charge is -2.17. The Balaban J connectivity index is 2.39. The standard InChI is InChI=1S/C16H19NO3/c1-11-12(2)17(3)16(19-4)15(14(11)18)20-10-13-8-6-5-7-9-13/h5-9H,10H2,1-4H3. The van der Waals surface area contributed by atoms with Gasteiger partial charge in [-0.15, -0.1) is 0 Å². The Hall–Kier alpha value is -2.23. The quantitative estimate of drug-likeness (QED) is 0.859. The van der Waals surface area contributed by atoms with Gasteiger partial charge in [0, 0.05) is 18.3 Å². The average molecular weight is 273 g/mol. The number of nitrogens with zero attached hydrogens (tertiary/aromatic N) is 1. The molecule has 0 atom stereocenters. The highest BCUT2D eigenvalue weighted by molar-refractivity contribution is 5.40. The molecule has 0 aliphatic carbocycles. The molecule has 0 spiro atoms. The zero-order valence-electron chi connectivity index (χ0n) is 12.3. The minimum atomic E-state index is -0.117. The van der Waals surface area contributed by atoms with E-state index in [2.05, 4.69) is 0 Å². The number of benzene rings is 1. The van der Waals surface area contributed by atoms with Crippen LogP contribution in [0.15, 0.2) is 35.1 Å². The molecule has 0 amide bonds. The zero-order chi connectivity index (χ0) is 14.7. The fourth-order valence-corrected chi connectivity index (χ4v) is 2.07. The topological polar surface area (TPSA) is 40.5 Å². The molecule has 4 heteroatoms. The van der Waals surface area contributed by atoms with E-state index in [4.69, 9.17) is 9.47 Å². The Bertz CT molecular complexity index is 660. The van der Waals surface area contributed by atoms with Crippen LogP contribution in [0.5, 0.6) is 11.6 Å². The van der Waals surface area contributed by atoms with E-state index in [1.54, 1.807) is 14.0 Å². The minimum absolute atomic E-state index is 0.117. The first-order valence-corrected chi connectivity index (χ1v) is 6.47. The molecule has 0 bridgehead atoms. The van der Waals surface area contributed by atoms with Gasteiger partial charge in [-0.2, -0.15) is 0 Å². The second kappa shape index (κ2) is 5.82. The molecular weight excluding hydrogens is 254 g/mol. The predicted molar refractivity (Wildman–Crippen MR) is 78.5 cm³/mol. The Labute approximate surface area is 118 Å². The third kappa shape index (κ3) is 2.54. The van der Waals surface area contributed by atoms with Crippen LogP contribution in [0, 0.1) is 13.8 Å². The number of hydrogen-bond donors (Lipinski definition) is 0. The molecule has 0 radical (unpaired) electrons. The predicted octanol–water partition coefficient (Wildman–Crippen LogP) is 2.59. The zero-order valence-corrected chi connectivity index (χ0v) is 12.3. The number of hydrogen-bond acceptors (Lipinski definition) is 3. The number of rotatable bonds is 4. The molecule has 1 aromatic carbocycles. The summed E-state index contributed by atoms with van der Waals surface area (Å²) in [6.45, 7) is 4.03. The summed E-state index contributed by atoms with van der Waals surface area (Å²) in [4.78, 5) is 12.3. The molecule has 0 N–H and O–H groups in total. The van der Waals surface area contributed by atoms with Gasteiger partial charge in [-0.1, -0.05) is 30.3 Å². The van der Waals surface area contributed by atoms with E-state index >= 15 is 0 Å². The smallest absolute Gasteiger partial charge is 0.241 e. The minimum Gasteiger partial charge on any atom is -0.480 e. The molecule has 0 fully saturated rings. The molecule has 106 valence electrons. The summed E-state index contributed by atoms with van der Waals surface area (Å²) in [5, 5.41) is 0. The molecule has 2 rings (SSSR count). The number of pyridine rings is 1. The van der Waals surface area contributed by atoms with E-state index in [1.807, 2.05) is 48.9 Å². The summed E-state index contributed by atoms with van der Waals surface area (Å²) in [6, 6.07) is 9.73. The van der Waals surface area contributed by atoms with Crippen LogP contribution in [0.3, 0.4) is 0 Å². The number of ether oxygens (including phenoxy) is 2. The van der Waals surface area contributed by atoms with Gasteiger partial charge in [0.25, 0.3) is 0 Å². The van der Waals surface area contributed by atoms with Crippen LogP contribution < -0.4 is 14.9 Å². The van der Waals surface area contributed by atoms with Crippen LogP contribution in [0.2, 0.25) is 0 Å². The highest BCUT2D eigenvalue weighted by atomic mass is 16.5. The average Bonchev–Trinajstić information content (AvgIpc) is 2.48. The monoisotopic (exact) mass is 273 g/mol. The maximum absolute atomic E-state index is 12.3. The van der Waals surface area contributed by atoms with E-state index in [0.717, 1.165) is 11.3 Å². The van der Waals surface area contributed by atoms with E-state index in [1.165, 1.54) is 0 Å². The SMILES string of the molecule is COc1c(OCc2ccccc2)c(=O)c(C)c(C)n1C. The van der Waals surface area contributed by atoms with Gasteiger partial charge >= 0.3 is 0 Å². The molecule has 0 unspecified atom stereocenters. The van der Waals surface area contributed by atoms with Crippen LogP contribution in [0.25, 0.3) is 0 Å². The van der Waals surface area contributed by atoms with Gasteiger partial charge in [0.15, 0.2) is 0 Å². The van der Waals surface area contributed by atoms with Gasteiger partial charge in [-0.05, 0) is 19.4 Å². The Morgan fingerprint density at radius 3 is 2.40 bits per heavy atom. The third-order valence-corrected chi connectivity index (χ3v) is 3.51. The fraction of sp³-hybridized carbons (Fsp3) is 0.312. The maximum atomic E-state index is 12.3. The van der Waals surface area contributed by atoms with Crippen LogP contribution in [0.4, 0.5) is 0 Å². The van der Waals surface area contributed by atoms with Crippen LogP contribution in [0.1, 0.15) is 16.8 Å². The molecule has 20 heavy (non-hydrogen) atoms. The van der Waals surface area contributed by atoms with Crippen molar-refractivity contribution in [3.05, 3.63) is 57.4 Å². The number of aromatic nitrogens is 1. The Morgan fingerprint density at radius 1 is 1.15 bits per heavy atom. The fourth-order valence-electron chi connectivity index (χ4n) is 2.07. The van der Waals surface area contributed by atoms with E-state index in [9.17, 15) is 4.79 Å². The van der Waals surface area contributed by atoms with Crippen molar-refractivity contribution in [3.8, 4) is 11.6 Å². The van der Waals surface area contributed by atoms with Crippen molar-refractivity contribution in [2.24, 2.45) is 7.05 Å². The van der Waals surface area contributed by atoms with Gasteiger partial charge < -0.3 is 14.0 Å². The molecular formula is C16H19NO3. The summed E-state index contributed by atoms with van der Waals surface area (Å²) in [5.41, 5.74) is 2.44. The van der Waals surface area contributed by atoms with Crippen LogP contribution in [-0.4, -0.2) is 11.7 Å². The van der Waals surface area contributed by atoms with Gasteiger partial charge in [0.1, 0.15) is 6.61 Å². The number of methoxy groups -OCH3 is 1. The van der Waals surface area contributed by atoms with Gasteiger partial charge in [0.05, 0.1) is 7.11 Å². The lowest BCUT2D eigenvalue weighted by Crippen LogP contribution is -2.19. The second-order valence-corrected chi connectivity index (χ2v) is 4.71. The first-order valence-electron chi connectivity index (χ1n) is 6.47. The molecule has 0 saturated carbocycles. The second-order valence-electron chi connectivity index (χ2n) is 4.71. The van der Waals surface area contributed by atoms with Crippen LogP contribution >= 0.6 is 0 Å². The van der Waals surface area contributed by atoms with Crippen molar-refractivity contribution in [3.63, 3.8) is 0 Å². The Kier molecular flexibility index (Phi) is 4.13. The van der Waals surface area contributed by atoms with Crippen molar-refractivity contribution < 1.29 is 9.47 Å². The van der Waals surface area contributed by atoms with Crippen molar-refractivity contribution in [2.45, 2.75) is 20.5 Å². The lowest BCUT2D eigenvalue weighted by molar-refractivity contribution is 0.269. The van der Waals surface area contributed by atoms with Crippen molar-refractivity contribution in [2.75, 3.05) is 7.11 Å². The summed E-state index contributed by atoms with van der Waals surface area (Å²) in [5.74, 6) is 0.719. The van der Waals surface area contributed by atoms with Gasteiger partial charge in [-0.3, -0.25) is 4.79 Å². The summed E-state index contributed by atoms with van der Waals surface area (Å²) >= 11 is 0. The molecule has 0 aliphatic heterocycles.